The van der Waals surface area contributed by atoms with E-state index >= 15 is 0 Å². The number of nitrogens with zero attached hydrogens (tertiary/aromatic N) is 6. The van der Waals surface area contributed by atoms with Gasteiger partial charge in [0.2, 0.25) is 0 Å². The number of guanidine groups is 1. The molecule has 1 aromatic carbocycles. The Kier molecular flexibility index (Phi) is 8.31. The summed E-state index contributed by atoms with van der Waals surface area (Å²) in [6.45, 7) is 2.70. The number of hydrogen-bond acceptors (Lipinski definition) is 6. The summed E-state index contributed by atoms with van der Waals surface area (Å²) in [4.78, 5) is 12.9. The molecule has 0 radical (unpaired) electrons. The zero-order chi connectivity index (χ0) is 21.5. The van der Waals surface area contributed by atoms with E-state index in [1.807, 2.05) is 47.3 Å². The molecule has 166 valence electrons. The highest BCUT2D eigenvalue weighted by Crippen LogP contribution is 2.16. The highest BCUT2D eigenvalue weighted by Gasteiger charge is 2.11. The molecule has 0 spiro atoms. The number of nitrogens with one attached hydrogen (secondary N) is 2. The Bertz CT molecular complexity index is 1130. The van der Waals surface area contributed by atoms with E-state index in [0.29, 0.717) is 36.3 Å². The number of aliphatic imine (C=N–C) groups is 1. The monoisotopic (exact) mass is 544 g/mol. The van der Waals surface area contributed by atoms with Crippen LogP contribution in [-0.4, -0.2) is 44.5 Å². The van der Waals surface area contributed by atoms with Crippen LogP contribution in [0.3, 0.4) is 0 Å². The molecule has 0 bridgehead atoms. The van der Waals surface area contributed by atoms with Crippen molar-refractivity contribution >= 4 is 29.9 Å². The molecule has 0 saturated carbocycles. The molecule has 1 unspecified atom stereocenters. The number of aromatic nitrogens is 5. The van der Waals surface area contributed by atoms with Crippen molar-refractivity contribution in [3.05, 3.63) is 78.5 Å². The Balaban J connectivity index is 0.00000289. The lowest BCUT2D eigenvalue weighted by molar-refractivity contribution is 0.421. The Hall–Kier alpha value is -3.28. The van der Waals surface area contributed by atoms with Gasteiger partial charge < -0.3 is 15.2 Å². The van der Waals surface area contributed by atoms with Crippen LogP contribution in [0, 0.1) is 0 Å². The van der Waals surface area contributed by atoms with E-state index in [1.165, 1.54) is 0 Å². The van der Waals surface area contributed by atoms with Crippen LogP contribution in [0.4, 0.5) is 0 Å². The Morgan fingerprint density at radius 3 is 2.81 bits per heavy atom. The van der Waals surface area contributed by atoms with E-state index in [-0.39, 0.29) is 30.0 Å². The minimum absolute atomic E-state index is 0. The van der Waals surface area contributed by atoms with Gasteiger partial charge in [0.1, 0.15) is 5.69 Å². The maximum absolute atomic E-state index is 5.29. The smallest absolute Gasteiger partial charge is 0.276 e. The van der Waals surface area contributed by atoms with Gasteiger partial charge in [-0.15, -0.1) is 24.0 Å². The molecule has 3 aromatic heterocycles. The molecular formula is C22H25IN8O. The lowest BCUT2D eigenvalue weighted by Gasteiger charge is -2.18. The van der Waals surface area contributed by atoms with E-state index in [0.717, 1.165) is 11.3 Å². The zero-order valence-corrected chi connectivity index (χ0v) is 20.2. The summed E-state index contributed by atoms with van der Waals surface area (Å²) in [5.41, 5.74) is 2.81. The van der Waals surface area contributed by atoms with Crippen molar-refractivity contribution < 1.29 is 4.52 Å². The standard InChI is InChI=1S/C22H24N8O.HI/c1-16(17-7-5-8-18(15-17)30-14-6-12-26-30)27-22(23-2)25-13-10-20-28-21(31-29-20)19-9-3-4-11-24-19;/h3-9,11-12,14-16H,10,13H2,1-2H3,(H2,23,25,27);1H. The summed E-state index contributed by atoms with van der Waals surface area (Å²) in [5.74, 6) is 1.73. The predicted octanol–water partition coefficient (Wildman–Crippen LogP) is 3.40. The third kappa shape index (κ3) is 5.90. The summed E-state index contributed by atoms with van der Waals surface area (Å²) in [6.07, 6.45) is 5.99. The molecule has 4 aromatic rings. The van der Waals surface area contributed by atoms with Crippen molar-refractivity contribution in [2.24, 2.45) is 4.99 Å². The Morgan fingerprint density at radius 2 is 2.06 bits per heavy atom. The van der Waals surface area contributed by atoms with Crippen LogP contribution < -0.4 is 10.6 Å². The SMILES string of the molecule is CN=C(NCCc1noc(-c2ccccn2)n1)NC(C)c1cccc(-n2cccn2)c1.I. The van der Waals surface area contributed by atoms with E-state index < -0.39 is 0 Å². The predicted molar refractivity (Wildman–Crippen MR) is 133 cm³/mol. The highest BCUT2D eigenvalue weighted by molar-refractivity contribution is 14.0. The molecule has 1 atom stereocenters. The average Bonchev–Trinajstić information content (AvgIpc) is 3.52. The first-order valence-electron chi connectivity index (χ1n) is 10.0. The molecular weight excluding hydrogens is 519 g/mol. The molecule has 0 amide bonds. The van der Waals surface area contributed by atoms with Gasteiger partial charge in [-0.05, 0) is 42.8 Å². The fourth-order valence-electron chi connectivity index (χ4n) is 3.08. The van der Waals surface area contributed by atoms with Crippen molar-refractivity contribution in [1.29, 1.82) is 0 Å². The molecule has 10 heteroatoms. The van der Waals surface area contributed by atoms with Gasteiger partial charge in [0.05, 0.1) is 11.7 Å². The van der Waals surface area contributed by atoms with Gasteiger partial charge in [-0.25, -0.2) is 4.68 Å². The average molecular weight is 544 g/mol. The first-order chi connectivity index (χ1) is 15.2. The minimum Gasteiger partial charge on any atom is -0.356 e. The maximum Gasteiger partial charge on any atom is 0.276 e. The first-order valence-corrected chi connectivity index (χ1v) is 10.0. The highest BCUT2D eigenvalue weighted by atomic mass is 127. The molecule has 0 aliphatic rings. The third-order valence-corrected chi connectivity index (χ3v) is 4.71. The second kappa shape index (κ2) is 11.4. The van der Waals surface area contributed by atoms with Gasteiger partial charge in [0.25, 0.3) is 5.89 Å². The van der Waals surface area contributed by atoms with Crippen molar-refractivity contribution in [3.8, 4) is 17.3 Å². The third-order valence-electron chi connectivity index (χ3n) is 4.71. The topological polar surface area (TPSA) is 106 Å². The van der Waals surface area contributed by atoms with E-state index in [2.05, 4.69) is 54.9 Å². The van der Waals surface area contributed by atoms with E-state index in [9.17, 15) is 0 Å². The lowest BCUT2D eigenvalue weighted by atomic mass is 10.1. The molecule has 2 N–H and O–H groups in total. The summed E-state index contributed by atoms with van der Waals surface area (Å²) in [6, 6.07) is 15.8. The van der Waals surface area contributed by atoms with E-state index in [4.69, 9.17) is 4.52 Å². The number of rotatable bonds is 7. The van der Waals surface area contributed by atoms with Crippen LogP contribution in [0.25, 0.3) is 17.3 Å². The van der Waals surface area contributed by atoms with Gasteiger partial charge in [-0.1, -0.05) is 23.4 Å². The number of hydrogen-bond donors (Lipinski definition) is 2. The molecule has 9 nitrogen and oxygen atoms in total. The summed E-state index contributed by atoms with van der Waals surface area (Å²) < 4.78 is 7.14. The van der Waals surface area contributed by atoms with Gasteiger partial charge in [-0.2, -0.15) is 10.1 Å². The molecule has 32 heavy (non-hydrogen) atoms. The summed E-state index contributed by atoms with van der Waals surface area (Å²) in [5, 5.41) is 15.0. The molecule has 4 rings (SSSR count). The van der Waals surface area contributed by atoms with Crippen molar-refractivity contribution in [2.75, 3.05) is 13.6 Å². The van der Waals surface area contributed by atoms with E-state index in [1.54, 1.807) is 19.4 Å². The Morgan fingerprint density at radius 1 is 1.16 bits per heavy atom. The van der Waals surface area contributed by atoms with Crippen LogP contribution in [0.1, 0.15) is 24.4 Å². The number of pyridine rings is 1. The quantitative estimate of drug-likeness (QED) is 0.209. The van der Waals surface area contributed by atoms with Gasteiger partial charge in [0, 0.05) is 38.6 Å². The molecule has 3 heterocycles. The van der Waals surface area contributed by atoms with Crippen LogP contribution in [0.15, 0.2) is 76.6 Å². The molecule has 0 aliphatic carbocycles. The van der Waals surface area contributed by atoms with Gasteiger partial charge >= 0.3 is 0 Å². The van der Waals surface area contributed by atoms with Crippen LogP contribution in [0.5, 0.6) is 0 Å². The maximum atomic E-state index is 5.29. The molecule has 0 saturated heterocycles. The second-order valence-corrected chi connectivity index (χ2v) is 6.89. The summed E-state index contributed by atoms with van der Waals surface area (Å²) >= 11 is 0. The zero-order valence-electron chi connectivity index (χ0n) is 17.8. The fraction of sp³-hybridized carbons (Fsp3) is 0.227. The van der Waals surface area contributed by atoms with Crippen LogP contribution in [-0.2, 0) is 6.42 Å². The van der Waals surface area contributed by atoms with Crippen molar-refractivity contribution in [2.45, 2.75) is 19.4 Å². The summed E-state index contributed by atoms with van der Waals surface area (Å²) in [7, 11) is 1.75. The first kappa shape index (κ1) is 23.4. The normalized spacial score (nSPS) is 12.1. The van der Waals surface area contributed by atoms with Gasteiger partial charge in [0.15, 0.2) is 11.8 Å². The minimum atomic E-state index is 0. The largest absolute Gasteiger partial charge is 0.356 e. The fourth-order valence-corrected chi connectivity index (χ4v) is 3.08. The van der Waals surface area contributed by atoms with Crippen molar-refractivity contribution in [1.82, 2.24) is 35.5 Å². The lowest BCUT2D eigenvalue weighted by Crippen LogP contribution is -2.39. The Labute approximate surface area is 203 Å². The number of benzene rings is 1. The van der Waals surface area contributed by atoms with Crippen LogP contribution in [0.2, 0.25) is 0 Å². The molecule has 0 aliphatic heterocycles. The van der Waals surface area contributed by atoms with Crippen LogP contribution >= 0.6 is 24.0 Å². The molecule has 0 fully saturated rings. The second-order valence-electron chi connectivity index (χ2n) is 6.89. The van der Waals surface area contributed by atoms with Gasteiger partial charge in [-0.3, -0.25) is 9.98 Å². The number of halogens is 1. The van der Waals surface area contributed by atoms with Crippen molar-refractivity contribution in [3.63, 3.8) is 0 Å².